The molecule has 5 heteroatoms. The number of rotatable bonds is 8. The van der Waals surface area contributed by atoms with Crippen molar-refractivity contribution in [1.29, 1.82) is 0 Å². The summed E-state index contributed by atoms with van der Waals surface area (Å²) in [6, 6.07) is 6.94. The van der Waals surface area contributed by atoms with Gasteiger partial charge in [-0.25, -0.2) is 13.1 Å². The van der Waals surface area contributed by atoms with Gasteiger partial charge in [-0.3, -0.25) is 0 Å². The number of hydrogen-bond acceptors (Lipinski definition) is 3. The molecule has 1 atom stereocenters. The Morgan fingerprint density at radius 1 is 1.10 bits per heavy atom. The van der Waals surface area contributed by atoms with Gasteiger partial charge in [0.15, 0.2) is 0 Å². The summed E-state index contributed by atoms with van der Waals surface area (Å²) in [5, 5.41) is 3.09. The first-order valence-electron chi connectivity index (χ1n) is 7.22. The third-order valence-electron chi connectivity index (χ3n) is 3.08. The van der Waals surface area contributed by atoms with E-state index in [-0.39, 0.29) is 6.04 Å². The van der Waals surface area contributed by atoms with Crippen molar-refractivity contribution in [2.24, 2.45) is 5.92 Å². The molecule has 0 heterocycles. The van der Waals surface area contributed by atoms with Gasteiger partial charge in [-0.2, -0.15) is 0 Å². The van der Waals surface area contributed by atoms with E-state index in [9.17, 15) is 8.42 Å². The smallest absolute Gasteiger partial charge is 0.242 e. The zero-order valence-corrected chi connectivity index (χ0v) is 13.6. The monoisotopic (exact) mass is 298 g/mol. The maximum Gasteiger partial charge on any atom is 0.242 e. The van der Waals surface area contributed by atoms with Crippen LogP contribution in [0, 0.1) is 5.92 Å². The average Bonchev–Trinajstić information content (AvgIpc) is 2.37. The van der Waals surface area contributed by atoms with E-state index in [1.54, 1.807) is 18.2 Å². The van der Waals surface area contributed by atoms with Gasteiger partial charge in [0, 0.05) is 12.6 Å². The van der Waals surface area contributed by atoms with Gasteiger partial charge in [-0.15, -0.1) is 0 Å². The van der Waals surface area contributed by atoms with E-state index >= 15 is 0 Å². The van der Waals surface area contributed by atoms with Crippen LogP contribution in [0.5, 0.6) is 0 Å². The van der Waals surface area contributed by atoms with Crippen LogP contribution in [0.25, 0.3) is 0 Å². The minimum absolute atomic E-state index is 0.0583. The molecule has 0 radical (unpaired) electrons. The molecule has 0 aliphatic rings. The Kier molecular flexibility index (Phi) is 6.49. The van der Waals surface area contributed by atoms with E-state index in [0.29, 0.717) is 23.0 Å². The topological polar surface area (TPSA) is 58.2 Å². The normalized spacial score (nSPS) is 13.4. The molecule has 4 nitrogen and oxygen atoms in total. The highest BCUT2D eigenvalue weighted by atomic mass is 32.2. The van der Waals surface area contributed by atoms with E-state index < -0.39 is 10.0 Å². The molecule has 2 N–H and O–H groups in total. The highest BCUT2D eigenvalue weighted by molar-refractivity contribution is 7.89. The Balaban J connectivity index is 2.83. The van der Waals surface area contributed by atoms with E-state index in [0.717, 1.165) is 12.8 Å². The lowest BCUT2D eigenvalue weighted by molar-refractivity contribution is 0.485. The largest absolute Gasteiger partial charge is 0.384 e. The number of anilines is 1. The van der Waals surface area contributed by atoms with Crippen LogP contribution in [-0.4, -0.2) is 21.0 Å². The highest BCUT2D eigenvalue weighted by Crippen LogP contribution is 2.21. The molecule has 0 amide bonds. The SMILES string of the molecule is CCNc1ccccc1S(=O)(=O)NC(C)CCC(C)C. The first-order chi connectivity index (χ1) is 9.36. The predicted octanol–water partition coefficient (Wildman–Crippen LogP) is 3.22. The minimum atomic E-state index is -3.47. The van der Waals surface area contributed by atoms with E-state index in [4.69, 9.17) is 0 Å². The maximum absolute atomic E-state index is 12.4. The Morgan fingerprint density at radius 2 is 1.75 bits per heavy atom. The van der Waals surface area contributed by atoms with Crippen LogP contribution < -0.4 is 10.0 Å². The van der Waals surface area contributed by atoms with Crippen molar-refractivity contribution in [3.05, 3.63) is 24.3 Å². The molecule has 0 saturated carbocycles. The van der Waals surface area contributed by atoms with Crippen molar-refractivity contribution in [2.75, 3.05) is 11.9 Å². The fourth-order valence-electron chi connectivity index (χ4n) is 2.01. The summed E-state index contributed by atoms with van der Waals surface area (Å²) < 4.78 is 27.6. The molecule has 0 aliphatic heterocycles. The molecule has 0 aliphatic carbocycles. The molecule has 0 saturated heterocycles. The van der Waals surface area contributed by atoms with E-state index in [2.05, 4.69) is 23.9 Å². The quantitative estimate of drug-likeness (QED) is 0.774. The second kappa shape index (κ2) is 7.64. The first-order valence-corrected chi connectivity index (χ1v) is 8.70. The minimum Gasteiger partial charge on any atom is -0.384 e. The molecule has 1 unspecified atom stereocenters. The molecular weight excluding hydrogens is 272 g/mol. The van der Waals surface area contributed by atoms with Crippen LogP contribution in [0.15, 0.2) is 29.2 Å². The van der Waals surface area contributed by atoms with Crippen molar-refractivity contribution in [3.8, 4) is 0 Å². The van der Waals surface area contributed by atoms with Gasteiger partial charge in [0.05, 0.1) is 5.69 Å². The van der Waals surface area contributed by atoms with Gasteiger partial charge in [-0.05, 0) is 44.7 Å². The van der Waals surface area contributed by atoms with Crippen molar-refractivity contribution in [1.82, 2.24) is 4.72 Å². The summed E-state index contributed by atoms with van der Waals surface area (Å²) in [6.07, 6.45) is 1.86. The van der Waals surface area contributed by atoms with Gasteiger partial charge in [0.25, 0.3) is 0 Å². The molecule has 0 aromatic heterocycles. The fourth-order valence-corrected chi connectivity index (χ4v) is 3.47. The summed E-state index contributed by atoms with van der Waals surface area (Å²) in [7, 11) is -3.47. The van der Waals surface area contributed by atoms with Crippen LogP contribution in [0.2, 0.25) is 0 Å². The molecule has 1 rings (SSSR count). The summed E-state index contributed by atoms with van der Waals surface area (Å²) >= 11 is 0. The lowest BCUT2D eigenvalue weighted by Gasteiger charge is -2.17. The lowest BCUT2D eigenvalue weighted by Crippen LogP contribution is -2.33. The van der Waals surface area contributed by atoms with Crippen LogP contribution in [0.4, 0.5) is 5.69 Å². The number of hydrogen-bond donors (Lipinski definition) is 2. The van der Waals surface area contributed by atoms with Crippen molar-refractivity contribution >= 4 is 15.7 Å². The predicted molar refractivity (Wildman–Crippen MR) is 84.5 cm³/mol. The van der Waals surface area contributed by atoms with E-state index in [1.165, 1.54) is 0 Å². The Bertz CT molecular complexity index is 512. The summed E-state index contributed by atoms with van der Waals surface area (Å²) in [4.78, 5) is 0.318. The second-order valence-electron chi connectivity index (χ2n) is 5.52. The molecule has 0 fully saturated rings. The van der Waals surface area contributed by atoms with Crippen LogP contribution >= 0.6 is 0 Å². The third-order valence-corrected chi connectivity index (χ3v) is 4.72. The summed E-state index contributed by atoms with van der Waals surface area (Å²) in [5.41, 5.74) is 0.651. The van der Waals surface area contributed by atoms with Crippen LogP contribution in [0.1, 0.15) is 40.5 Å². The van der Waals surface area contributed by atoms with Gasteiger partial charge in [0.1, 0.15) is 4.90 Å². The van der Waals surface area contributed by atoms with Crippen LogP contribution in [0.3, 0.4) is 0 Å². The highest BCUT2D eigenvalue weighted by Gasteiger charge is 2.20. The molecule has 1 aromatic rings. The summed E-state index contributed by atoms with van der Waals surface area (Å²) in [6.45, 7) is 8.83. The van der Waals surface area contributed by atoms with Crippen molar-refractivity contribution in [3.63, 3.8) is 0 Å². The average molecular weight is 298 g/mol. The molecular formula is C15H26N2O2S. The third kappa shape index (κ3) is 5.13. The van der Waals surface area contributed by atoms with Gasteiger partial charge in [-0.1, -0.05) is 26.0 Å². The molecule has 114 valence electrons. The van der Waals surface area contributed by atoms with Crippen LogP contribution in [-0.2, 0) is 10.0 Å². The van der Waals surface area contributed by atoms with E-state index in [1.807, 2.05) is 19.9 Å². The van der Waals surface area contributed by atoms with Crippen molar-refractivity contribution in [2.45, 2.75) is 51.5 Å². The van der Waals surface area contributed by atoms with Crippen molar-refractivity contribution < 1.29 is 8.42 Å². The standard InChI is InChI=1S/C15H26N2O2S/c1-5-16-14-8-6-7-9-15(14)20(18,19)17-13(4)11-10-12(2)3/h6-9,12-13,16-17H,5,10-11H2,1-4H3. The Hall–Kier alpha value is -1.07. The lowest BCUT2D eigenvalue weighted by atomic mass is 10.1. The Labute approximate surface area is 123 Å². The number of para-hydroxylation sites is 1. The second-order valence-corrected chi connectivity index (χ2v) is 7.20. The van der Waals surface area contributed by atoms with Gasteiger partial charge >= 0.3 is 0 Å². The molecule has 0 bridgehead atoms. The maximum atomic E-state index is 12.4. The molecule has 1 aromatic carbocycles. The molecule has 0 spiro atoms. The number of nitrogens with one attached hydrogen (secondary N) is 2. The van der Waals surface area contributed by atoms with Gasteiger partial charge in [0.2, 0.25) is 10.0 Å². The first kappa shape index (κ1) is 17.0. The summed E-state index contributed by atoms with van der Waals surface area (Å²) in [5.74, 6) is 0.580. The zero-order valence-electron chi connectivity index (χ0n) is 12.8. The fraction of sp³-hybridized carbons (Fsp3) is 0.600. The zero-order chi connectivity index (χ0) is 15.2. The Morgan fingerprint density at radius 3 is 2.35 bits per heavy atom. The number of sulfonamides is 1. The van der Waals surface area contributed by atoms with Gasteiger partial charge < -0.3 is 5.32 Å². The number of benzene rings is 1. The molecule has 20 heavy (non-hydrogen) atoms.